The molecule has 0 aliphatic carbocycles. The van der Waals surface area contributed by atoms with Crippen LogP contribution >= 0.6 is 38.6 Å². The zero-order valence-electron chi connectivity index (χ0n) is 17.5. The summed E-state index contributed by atoms with van der Waals surface area (Å²) in [7, 11) is 1.67. The van der Waals surface area contributed by atoms with Gasteiger partial charge in [-0.25, -0.2) is 0 Å². The molecule has 29 heavy (non-hydrogen) atoms. The molecule has 3 aromatic rings. The van der Waals surface area contributed by atoms with Crippen molar-refractivity contribution in [1.82, 2.24) is 0 Å². The smallest absolute Gasteiger partial charge is 0.134 e. The van der Waals surface area contributed by atoms with Gasteiger partial charge in [0.05, 0.1) is 22.6 Å². The lowest BCUT2D eigenvalue weighted by Crippen LogP contribution is -2.06. The van der Waals surface area contributed by atoms with E-state index in [4.69, 9.17) is 9.47 Å². The van der Waals surface area contributed by atoms with Gasteiger partial charge < -0.3 is 9.47 Å². The minimum Gasteiger partial charge on any atom is -0.496 e. The third kappa shape index (κ3) is 4.60. The lowest BCUT2D eigenvalue weighted by Gasteiger charge is -2.16. The number of carbonyl (C=O) groups excluding carboxylic acids is 1. The molecule has 3 nitrogen and oxygen atoms in total. The van der Waals surface area contributed by atoms with Gasteiger partial charge in [-0.15, -0.1) is 22.7 Å². The molecular weight excluding hydrogens is 468 g/mol. The third-order valence-corrected chi connectivity index (χ3v) is 8.28. The van der Waals surface area contributed by atoms with Gasteiger partial charge in [-0.1, -0.05) is 6.07 Å². The van der Waals surface area contributed by atoms with Gasteiger partial charge in [-0.05, 0) is 85.4 Å². The van der Waals surface area contributed by atoms with Crippen molar-refractivity contribution in [2.45, 2.75) is 47.1 Å². The average Bonchev–Trinajstić information content (AvgIpc) is 3.16. The van der Waals surface area contributed by atoms with Crippen molar-refractivity contribution in [2.24, 2.45) is 0 Å². The largest absolute Gasteiger partial charge is 0.496 e. The Morgan fingerprint density at radius 3 is 2.34 bits per heavy atom. The molecule has 0 fully saturated rings. The topological polar surface area (TPSA) is 35.5 Å². The maximum Gasteiger partial charge on any atom is 0.134 e. The van der Waals surface area contributed by atoms with E-state index in [-0.39, 0.29) is 11.9 Å². The predicted octanol–water partition coefficient (Wildman–Crippen LogP) is 7.45. The Bertz CT molecular complexity index is 1050. The van der Waals surface area contributed by atoms with Crippen LogP contribution in [0.1, 0.15) is 37.5 Å². The van der Waals surface area contributed by atoms with Crippen LogP contribution in [-0.4, -0.2) is 19.0 Å². The monoisotopic (exact) mass is 492 g/mol. The molecule has 6 heteroatoms. The molecule has 154 valence electrons. The molecule has 0 amide bonds. The maximum atomic E-state index is 12.0. The number of ketones is 1. The van der Waals surface area contributed by atoms with Crippen molar-refractivity contribution >= 4 is 44.4 Å². The average molecular weight is 493 g/mol. The molecule has 0 N–H and O–H groups in total. The number of halogens is 1. The van der Waals surface area contributed by atoms with Crippen LogP contribution in [0.25, 0.3) is 20.2 Å². The molecule has 2 heterocycles. The second kappa shape index (κ2) is 9.02. The fourth-order valence-corrected chi connectivity index (χ4v) is 6.48. The molecule has 2 aromatic heterocycles. The van der Waals surface area contributed by atoms with E-state index in [2.05, 4.69) is 35.8 Å². The van der Waals surface area contributed by atoms with Crippen LogP contribution in [0.15, 0.2) is 28.1 Å². The summed E-state index contributed by atoms with van der Waals surface area (Å²) in [6.07, 6.45) is 0.463. The van der Waals surface area contributed by atoms with Gasteiger partial charge in [-0.2, -0.15) is 0 Å². The van der Waals surface area contributed by atoms with Crippen molar-refractivity contribution in [3.8, 4) is 31.7 Å². The Morgan fingerprint density at radius 1 is 1.10 bits per heavy atom. The van der Waals surface area contributed by atoms with Gasteiger partial charge in [0.1, 0.15) is 17.3 Å². The number of ether oxygens (including phenoxy) is 2. The number of hydrogen-bond donors (Lipinski definition) is 0. The van der Waals surface area contributed by atoms with Crippen LogP contribution < -0.4 is 9.47 Å². The normalized spacial score (nSPS) is 11.2. The summed E-state index contributed by atoms with van der Waals surface area (Å²) in [5.41, 5.74) is 4.49. The molecule has 0 radical (unpaired) electrons. The Hall–Kier alpha value is -1.63. The molecule has 0 saturated carbocycles. The molecule has 0 unspecified atom stereocenters. The second-order valence-electron chi connectivity index (χ2n) is 7.30. The molecule has 0 spiro atoms. The summed E-state index contributed by atoms with van der Waals surface area (Å²) < 4.78 is 12.9. The van der Waals surface area contributed by atoms with Gasteiger partial charge in [0.15, 0.2) is 0 Å². The van der Waals surface area contributed by atoms with Crippen LogP contribution in [0, 0.1) is 13.8 Å². The van der Waals surface area contributed by atoms with Crippen LogP contribution in [0.4, 0.5) is 0 Å². The van der Waals surface area contributed by atoms with E-state index in [0.717, 1.165) is 36.2 Å². The molecule has 0 atom stereocenters. The van der Waals surface area contributed by atoms with E-state index in [1.165, 1.54) is 16.0 Å². The molecule has 0 aliphatic rings. The first kappa shape index (κ1) is 22.1. The Labute approximate surface area is 188 Å². The molecule has 0 saturated heterocycles. The lowest BCUT2D eigenvalue weighted by atomic mass is 10.0. The lowest BCUT2D eigenvalue weighted by molar-refractivity contribution is -0.116. The highest BCUT2D eigenvalue weighted by molar-refractivity contribution is 9.11. The van der Waals surface area contributed by atoms with Crippen LogP contribution in [0.3, 0.4) is 0 Å². The maximum absolute atomic E-state index is 12.0. The predicted molar refractivity (Wildman–Crippen MR) is 127 cm³/mol. The standard InChI is InChI=1S/C23H25BrO3S2/c1-12(2)27-18-9-7-8-17(26-6)20(18)19-11-16(10-13(3)25)22(28-19)21-14(4)15(5)23(24)29-21/h7-9,11-12H,10H2,1-6H3. The van der Waals surface area contributed by atoms with Gasteiger partial charge >= 0.3 is 0 Å². The molecule has 0 aliphatic heterocycles. The minimum atomic E-state index is 0.0510. The van der Waals surface area contributed by atoms with Crippen molar-refractivity contribution in [2.75, 3.05) is 7.11 Å². The zero-order chi connectivity index (χ0) is 21.3. The number of thiophene rings is 2. The first-order valence-corrected chi connectivity index (χ1v) is 11.9. The van der Waals surface area contributed by atoms with Gasteiger partial charge in [0.25, 0.3) is 0 Å². The van der Waals surface area contributed by atoms with Gasteiger partial charge in [0.2, 0.25) is 0 Å². The molecule has 3 rings (SSSR count). The van der Waals surface area contributed by atoms with Crippen LogP contribution in [0.5, 0.6) is 11.5 Å². The molecule has 1 aromatic carbocycles. The van der Waals surface area contributed by atoms with Gasteiger partial charge in [0, 0.05) is 21.1 Å². The minimum absolute atomic E-state index is 0.0510. The number of carbonyl (C=O) groups is 1. The zero-order valence-corrected chi connectivity index (χ0v) is 20.7. The Kier molecular flexibility index (Phi) is 6.87. The number of Topliss-reactive ketones (excluding diaryl/α,β-unsaturated/α-hetero) is 1. The van der Waals surface area contributed by atoms with E-state index < -0.39 is 0 Å². The van der Waals surface area contributed by atoms with Crippen molar-refractivity contribution in [3.05, 3.63) is 44.7 Å². The quantitative estimate of drug-likeness (QED) is 0.343. The summed E-state index contributed by atoms with van der Waals surface area (Å²) in [6, 6.07) is 7.98. The van der Waals surface area contributed by atoms with E-state index in [9.17, 15) is 4.79 Å². The second-order valence-corrected chi connectivity index (χ2v) is 10.7. The third-order valence-electron chi connectivity index (χ3n) is 4.66. The van der Waals surface area contributed by atoms with E-state index in [0.29, 0.717) is 6.42 Å². The first-order chi connectivity index (χ1) is 13.7. The summed E-state index contributed by atoms with van der Waals surface area (Å²) >= 11 is 7.08. The van der Waals surface area contributed by atoms with Crippen LogP contribution in [0.2, 0.25) is 0 Å². The Morgan fingerprint density at radius 2 is 1.79 bits per heavy atom. The van der Waals surface area contributed by atoms with Crippen LogP contribution in [-0.2, 0) is 11.2 Å². The SMILES string of the molecule is COc1cccc(OC(C)C)c1-c1cc(CC(C)=O)c(-c2sc(Br)c(C)c2C)s1. The highest BCUT2D eigenvalue weighted by Gasteiger charge is 2.22. The summed E-state index contributed by atoms with van der Waals surface area (Å²) in [5.74, 6) is 1.71. The summed E-state index contributed by atoms with van der Waals surface area (Å²) in [6.45, 7) is 9.92. The fourth-order valence-electron chi connectivity index (χ4n) is 3.20. The first-order valence-electron chi connectivity index (χ1n) is 9.44. The summed E-state index contributed by atoms with van der Waals surface area (Å²) in [4.78, 5) is 15.4. The summed E-state index contributed by atoms with van der Waals surface area (Å²) in [5, 5.41) is 0. The van der Waals surface area contributed by atoms with E-state index >= 15 is 0 Å². The number of methoxy groups -OCH3 is 1. The van der Waals surface area contributed by atoms with Crippen molar-refractivity contribution in [3.63, 3.8) is 0 Å². The highest BCUT2D eigenvalue weighted by atomic mass is 79.9. The van der Waals surface area contributed by atoms with E-state index in [1.54, 1.807) is 36.7 Å². The fraction of sp³-hybridized carbons (Fsp3) is 0.348. The molecular formula is C23H25BrO3S2. The highest BCUT2D eigenvalue weighted by Crippen LogP contribution is 2.49. The van der Waals surface area contributed by atoms with E-state index in [1.807, 2.05) is 32.0 Å². The number of hydrogen-bond acceptors (Lipinski definition) is 5. The molecule has 0 bridgehead atoms. The van der Waals surface area contributed by atoms with Crippen molar-refractivity contribution < 1.29 is 14.3 Å². The van der Waals surface area contributed by atoms with Crippen molar-refractivity contribution in [1.29, 1.82) is 0 Å². The number of benzene rings is 1. The Balaban J connectivity index is 2.23. The number of rotatable bonds is 7. The van der Waals surface area contributed by atoms with Gasteiger partial charge in [-0.3, -0.25) is 4.79 Å².